The number of hydrogen-bond donors (Lipinski definition) is 1. The third-order valence-electron chi connectivity index (χ3n) is 4.17. The Bertz CT molecular complexity index is 864. The normalized spacial score (nSPS) is 13.7. The number of carbonyl (C=O) groups excluding carboxylic acids is 1. The van der Waals surface area contributed by atoms with Crippen LogP contribution >= 0.6 is 0 Å². The summed E-state index contributed by atoms with van der Waals surface area (Å²) in [6.45, 7) is 2.02. The van der Waals surface area contributed by atoms with E-state index in [-0.39, 0.29) is 5.91 Å². The first-order chi connectivity index (χ1) is 11.7. The maximum Gasteiger partial charge on any atom is 0.255 e. The van der Waals surface area contributed by atoms with Gasteiger partial charge in [-0.2, -0.15) is 5.10 Å². The molecule has 24 heavy (non-hydrogen) atoms. The highest BCUT2D eigenvalue weighted by atomic mass is 16.1. The molecule has 1 amide bonds. The standard InChI is InChI=1S/C19H18N4O/c1-13-12-18(14-2-3-14)23(22-13)17-6-4-16(5-7-17)21-19(24)15-8-10-20-11-9-15/h4-12,14H,2-3H2,1H3,(H,21,24). The van der Waals surface area contributed by atoms with Crippen LogP contribution < -0.4 is 5.32 Å². The molecule has 4 rings (SSSR count). The van der Waals surface area contributed by atoms with Crippen molar-refractivity contribution in [1.29, 1.82) is 0 Å². The predicted octanol–water partition coefficient (Wildman–Crippen LogP) is 3.71. The van der Waals surface area contributed by atoms with E-state index in [0.717, 1.165) is 17.1 Å². The molecule has 1 N–H and O–H groups in total. The van der Waals surface area contributed by atoms with Crippen molar-refractivity contribution < 1.29 is 4.79 Å². The van der Waals surface area contributed by atoms with Crippen LogP contribution in [0.25, 0.3) is 5.69 Å². The number of nitrogens with one attached hydrogen (secondary N) is 1. The molecule has 1 aliphatic rings. The van der Waals surface area contributed by atoms with E-state index in [1.807, 2.05) is 35.9 Å². The second-order valence-electron chi connectivity index (χ2n) is 6.13. The minimum atomic E-state index is -0.140. The summed E-state index contributed by atoms with van der Waals surface area (Å²) in [5.41, 5.74) is 4.69. The van der Waals surface area contributed by atoms with Crippen LogP contribution in [0.4, 0.5) is 5.69 Å². The number of amides is 1. The van der Waals surface area contributed by atoms with Gasteiger partial charge in [-0.25, -0.2) is 4.68 Å². The third-order valence-corrected chi connectivity index (χ3v) is 4.17. The second kappa shape index (κ2) is 5.92. The topological polar surface area (TPSA) is 59.8 Å². The minimum Gasteiger partial charge on any atom is -0.322 e. The lowest BCUT2D eigenvalue weighted by Gasteiger charge is -2.09. The van der Waals surface area contributed by atoms with Crippen LogP contribution in [0, 0.1) is 6.92 Å². The number of rotatable bonds is 4. The minimum absolute atomic E-state index is 0.140. The number of aryl methyl sites for hydroxylation is 1. The highest BCUT2D eigenvalue weighted by Gasteiger charge is 2.28. The van der Waals surface area contributed by atoms with E-state index in [4.69, 9.17) is 0 Å². The second-order valence-corrected chi connectivity index (χ2v) is 6.13. The van der Waals surface area contributed by atoms with Crippen molar-refractivity contribution in [3.63, 3.8) is 0 Å². The molecule has 5 heteroatoms. The lowest BCUT2D eigenvalue weighted by Crippen LogP contribution is -2.11. The van der Waals surface area contributed by atoms with Gasteiger partial charge in [0.05, 0.1) is 11.4 Å². The fraction of sp³-hybridized carbons (Fsp3) is 0.211. The fourth-order valence-electron chi connectivity index (χ4n) is 2.79. The predicted molar refractivity (Wildman–Crippen MR) is 92.5 cm³/mol. The van der Waals surface area contributed by atoms with Gasteiger partial charge < -0.3 is 5.32 Å². The molecular weight excluding hydrogens is 300 g/mol. The Hall–Kier alpha value is -2.95. The van der Waals surface area contributed by atoms with Gasteiger partial charge in [-0.15, -0.1) is 0 Å². The number of aromatic nitrogens is 3. The summed E-state index contributed by atoms with van der Waals surface area (Å²) >= 11 is 0. The Morgan fingerprint density at radius 3 is 2.50 bits per heavy atom. The molecule has 1 saturated carbocycles. The lowest BCUT2D eigenvalue weighted by molar-refractivity contribution is 0.102. The van der Waals surface area contributed by atoms with Gasteiger partial charge in [0.25, 0.3) is 5.91 Å². The Kier molecular flexibility index (Phi) is 3.61. The zero-order valence-electron chi connectivity index (χ0n) is 13.4. The molecule has 3 aromatic rings. The van der Waals surface area contributed by atoms with Crippen molar-refractivity contribution >= 4 is 11.6 Å². The molecule has 0 bridgehead atoms. The van der Waals surface area contributed by atoms with E-state index >= 15 is 0 Å². The molecule has 1 aromatic carbocycles. The van der Waals surface area contributed by atoms with Gasteiger partial charge in [0, 0.05) is 35.3 Å². The summed E-state index contributed by atoms with van der Waals surface area (Å²) in [6, 6.07) is 13.3. The van der Waals surface area contributed by atoms with E-state index in [1.54, 1.807) is 24.5 Å². The van der Waals surface area contributed by atoms with Crippen LogP contribution in [-0.4, -0.2) is 20.7 Å². The Balaban J connectivity index is 1.54. The maximum absolute atomic E-state index is 12.2. The van der Waals surface area contributed by atoms with E-state index < -0.39 is 0 Å². The van der Waals surface area contributed by atoms with E-state index in [1.165, 1.54) is 18.5 Å². The number of pyridine rings is 1. The van der Waals surface area contributed by atoms with Crippen molar-refractivity contribution in [3.8, 4) is 5.69 Å². The van der Waals surface area contributed by atoms with Crippen LogP contribution in [0.1, 0.15) is 40.5 Å². The first kappa shape index (κ1) is 14.6. The number of benzene rings is 1. The quantitative estimate of drug-likeness (QED) is 0.798. The van der Waals surface area contributed by atoms with Crippen molar-refractivity contribution in [1.82, 2.24) is 14.8 Å². The van der Waals surface area contributed by atoms with Gasteiger partial charge in [-0.1, -0.05) is 0 Å². The average Bonchev–Trinajstić information content (AvgIpc) is 3.38. The van der Waals surface area contributed by atoms with Gasteiger partial charge in [0.2, 0.25) is 0 Å². The molecule has 0 atom stereocenters. The number of nitrogens with zero attached hydrogens (tertiary/aromatic N) is 3. The van der Waals surface area contributed by atoms with E-state index in [0.29, 0.717) is 11.5 Å². The first-order valence-electron chi connectivity index (χ1n) is 8.09. The van der Waals surface area contributed by atoms with Crippen LogP contribution in [-0.2, 0) is 0 Å². The van der Waals surface area contributed by atoms with Gasteiger partial charge in [0.1, 0.15) is 0 Å². The smallest absolute Gasteiger partial charge is 0.255 e. The molecular formula is C19H18N4O. The molecule has 0 saturated heterocycles. The summed E-state index contributed by atoms with van der Waals surface area (Å²) in [7, 11) is 0. The highest BCUT2D eigenvalue weighted by molar-refractivity contribution is 6.04. The molecule has 0 aliphatic heterocycles. The van der Waals surface area contributed by atoms with Crippen molar-refractivity contribution in [2.75, 3.05) is 5.32 Å². The SMILES string of the molecule is Cc1cc(C2CC2)n(-c2ccc(NC(=O)c3ccncc3)cc2)n1. The number of hydrogen-bond acceptors (Lipinski definition) is 3. The van der Waals surface area contributed by atoms with E-state index in [9.17, 15) is 4.79 Å². The van der Waals surface area contributed by atoms with Crippen LogP contribution in [0.3, 0.4) is 0 Å². The molecule has 1 fully saturated rings. The van der Waals surface area contributed by atoms with Crippen LogP contribution in [0.15, 0.2) is 54.9 Å². The molecule has 120 valence electrons. The summed E-state index contributed by atoms with van der Waals surface area (Å²) in [4.78, 5) is 16.1. The first-order valence-corrected chi connectivity index (χ1v) is 8.09. The zero-order chi connectivity index (χ0) is 16.5. The number of anilines is 1. The highest BCUT2D eigenvalue weighted by Crippen LogP contribution is 2.41. The van der Waals surface area contributed by atoms with Crippen molar-refractivity contribution in [2.45, 2.75) is 25.7 Å². The molecule has 1 aliphatic carbocycles. The largest absolute Gasteiger partial charge is 0.322 e. The third kappa shape index (κ3) is 2.93. The Labute approximate surface area is 140 Å². The molecule has 0 unspecified atom stereocenters. The lowest BCUT2D eigenvalue weighted by atomic mass is 10.2. The monoisotopic (exact) mass is 318 g/mol. The summed E-state index contributed by atoms with van der Waals surface area (Å²) in [5, 5.41) is 7.50. The number of carbonyl (C=O) groups is 1. The van der Waals surface area contributed by atoms with Gasteiger partial charge in [-0.3, -0.25) is 9.78 Å². The summed E-state index contributed by atoms with van der Waals surface area (Å²) < 4.78 is 2.02. The van der Waals surface area contributed by atoms with Gasteiger partial charge in [0.15, 0.2) is 0 Å². The summed E-state index contributed by atoms with van der Waals surface area (Å²) in [5.74, 6) is 0.496. The van der Waals surface area contributed by atoms with Gasteiger partial charge in [-0.05, 0) is 62.2 Å². The Morgan fingerprint density at radius 1 is 1.12 bits per heavy atom. The maximum atomic E-state index is 12.2. The summed E-state index contributed by atoms with van der Waals surface area (Å²) in [6.07, 6.45) is 5.70. The fourth-order valence-corrected chi connectivity index (χ4v) is 2.79. The van der Waals surface area contributed by atoms with Crippen molar-refractivity contribution in [2.24, 2.45) is 0 Å². The van der Waals surface area contributed by atoms with Crippen LogP contribution in [0.5, 0.6) is 0 Å². The molecule has 2 aromatic heterocycles. The molecule has 0 spiro atoms. The average molecular weight is 318 g/mol. The van der Waals surface area contributed by atoms with Gasteiger partial charge >= 0.3 is 0 Å². The van der Waals surface area contributed by atoms with Crippen molar-refractivity contribution in [3.05, 3.63) is 71.8 Å². The van der Waals surface area contributed by atoms with E-state index in [2.05, 4.69) is 21.5 Å². The molecule has 0 radical (unpaired) electrons. The Morgan fingerprint density at radius 2 is 1.83 bits per heavy atom. The molecule has 2 heterocycles. The van der Waals surface area contributed by atoms with Crippen LogP contribution in [0.2, 0.25) is 0 Å². The molecule has 5 nitrogen and oxygen atoms in total. The zero-order valence-corrected chi connectivity index (χ0v) is 13.4.